The lowest BCUT2D eigenvalue weighted by Crippen LogP contribution is -2.50. The van der Waals surface area contributed by atoms with E-state index in [4.69, 9.17) is 0 Å². The van der Waals surface area contributed by atoms with Crippen LogP contribution in [0.1, 0.15) is 39.5 Å². The Kier molecular flexibility index (Phi) is 6.67. The first kappa shape index (κ1) is 11.4. The number of rotatable bonds is 6. The van der Waals surface area contributed by atoms with Crippen molar-refractivity contribution in [1.82, 2.24) is 0 Å². The summed E-state index contributed by atoms with van der Waals surface area (Å²) in [5, 5.41) is 0. The second-order valence-corrected chi connectivity index (χ2v) is 3.03. The fraction of sp³-hybridized carbons (Fsp3) is 0.700. The molecule has 0 heterocycles. The number of carbonyl (C=O) groups excluding carboxylic acids is 1. The maximum absolute atomic E-state index is 11.3. The van der Waals surface area contributed by atoms with Gasteiger partial charge in [0.1, 0.15) is 0 Å². The molecule has 0 aliphatic rings. The molecule has 0 aromatic heterocycles. The molecule has 0 atom stereocenters. The Hall–Kier alpha value is -0.630. The third-order valence-electron chi connectivity index (χ3n) is 1.85. The summed E-state index contributed by atoms with van der Waals surface area (Å²) in [6.07, 6.45) is 5.68. The molecule has 0 fully saturated rings. The van der Waals surface area contributed by atoms with Gasteiger partial charge in [-0.05, 0) is 31.8 Å². The highest BCUT2D eigenvalue weighted by Gasteiger charge is 2.02. The molecule has 12 heavy (non-hydrogen) atoms. The molecule has 0 aromatic rings. The molecule has 0 radical (unpaired) electrons. The summed E-state index contributed by atoms with van der Waals surface area (Å²) < 4.78 is 0. The molecular weight excluding hydrogens is 150 g/mol. The van der Waals surface area contributed by atoms with Gasteiger partial charge in [-0.2, -0.15) is 0 Å². The number of hydrogen-bond acceptors (Lipinski definition) is 1. The first-order valence-electron chi connectivity index (χ1n) is 4.71. The van der Waals surface area contributed by atoms with Crippen LogP contribution in [0.2, 0.25) is 0 Å². The smallest absolute Gasteiger partial charge is 0.158 e. The molecule has 3 N–H and O–H groups in total. The van der Waals surface area contributed by atoms with Crippen LogP contribution in [0.4, 0.5) is 0 Å². The highest BCUT2D eigenvalue weighted by Crippen LogP contribution is 2.04. The fourth-order valence-electron chi connectivity index (χ4n) is 1.08. The second kappa shape index (κ2) is 7.04. The van der Waals surface area contributed by atoms with Gasteiger partial charge in [-0.25, -0.2) is 0 Å². The molecule has 70 valence electrons. The van der Waals surface area contributed by atoms with Gasteiger partial charge in [0, 0.05) is 6.42 Å². The van der Waals surface area contributed by atoms with Gasteiger partial charge >= 0.3 is 0 Å². The zero-order valence-electron chi connectivity index (χ0n) is 8.23. The first-order valence-corrected chi connectivity index (χ1v) is 4.71. The molecule has 0 unspecified atom stereocenters. The van der Waals surface area contributed by atoms with E-state index in [0.717, 1.165) is 31.4 Å². The van der Waals surface area contributed by atoms with Crippen LogP contribution in [0, 0.1) is 0 Å². The maximum Gasteiger partial charge on any atom is 0.158 e. The highest BCUT2D eigenvalue weighted by atomic mass is 16.1. The zero-order chi connectivity index (χ0) is 9.40. The van der Waals surface area contributed by atoms with E-state index in [2.05, 4.69) is 5.73 Å². The van der Waals surface area contributed by atoms with Crippen LogP contribution in [0.15, 0.2) is 11.6 Å². The topological polar surface area (TPSA) is 44.7 Å². The number of quaternary nitrogens is 1. The van der Waals surface area contributed by atoms with Crippen LogP contribution in [0.25, 0.3) is 0 Å². The van der Waals surface area contributed by atoms with Gasteiger partial charge in [0.2, 0.25) is 0 Å². The number of allylic oxidation sites excluding steroid dienone is 2. The number of hydrogen-bond donors (Lipinski definition) is 1. The number of carbonyl (C=O) groups is 1. The standard InChI is InChI=1S/C10H19NO/c1-3-6-9(2)10(12)7-4-5-8-11/h6H,3-5,7-8,11H2,1-2H3/p+1/b9-6+. The summed E-state index contributed by atoms with van der Waals surface area (Å²) in [6, 6.07) is 0. The molecule has 0 aliphatic carbocycles. The molecular formula is C10H20NO+. The Morgan fingerprint density at radius 2 is 2.08 bits per heavy atom. The third-order valence-corrected chi connectivity index (χ3v) is 1.85. The van der Waals surface area contributed by atoms with Crippen molar-refractivity contribution >= 4 is 5.78 Å². The lowest BCUT2D eigenvalue weighted by molar-refractivity contribution is -0.368. The van der Waals surface area contributed by atoms with Crippen molar-refractivity contribution < 1.29 is 10.5 Å². The van der Waals surface area contributed by atoms with Crippen LogP contribution >= 0.6 is 0 Å². The predicted molar refractivity (Wildman–Crippen MR) is 50.7 cm³/mol. The minimum atomic E-state index is 0.297. The molecule has 0 spiro atoms. The lowest BCUT2D eigenvalue weighted by Gasteiger charge is -1.98. The van der Waals surface area contributed by atoms with Gasteiger partial charge < -0.3 is 5.73 Å². The van der Waals surface area contributed by atoms with Crippen LogP contribution in [0.5, 0.6) is 0 Å². The Labute approximate surface area is 74.8 Å². The predicted octanol–water partition coefficient (Wildman–Crippen LogP) is 1.32. The fourth-order valence-corrected chi connectivity index (χ4v) is 1.08. The zero-order valence-corrected chi connectivity index (χ0v) is 8.23. The van der Waals surface area contributed by atoms with Crippen LogP contribution in [0.3, 0.4) is 0 Å². The van der Waals surface area contributed by atoms with E-state index < -0.39 is 0 Å². The summed E-state index contributed by atoms with van der Waals surface area (Å²) in [5.74, 6) is 0.297. The molecule has 0 aliphatic heterocycles. The lowest BCUT2D eigenvalue weighted by atomic mass is 10.1. The maximum atomic E-state index is 11.3. The molecule has 0 saturated heterocycles. The number of Topliss-reactive ketones (excluding diaryl/α,β-unsaturated/α-hetero) is 1. The molecule has 0 bridgehead atoms. The minimum Gasteiger partial charge on any atom is -0.358 e. The molecule has 0 aromatic carbocycles. The Morgan fingerprint density at radius 3 is 2.58 bits per heavy atom. The summed E-state index contributed by atoms with van der Waals surface area (Å²) in [6.45, 7) is 4.88. The van der Waals surface area contributed by atoms with E-state index in [-0.39, 0.29) is 0 Å². The van der Waals surface area contributed by atoms with Crippen molar-refractivity contribution in [3.8, 4) is 0 Å². The van der Waals surface area contributed by atoms with Gasteiger partial charge in [-0.15, -0.1) is 0 Å². The Balaban J connectivity index is 3.64. The van der Waals surface area contributed by atoms with Crippen molar-refractivity contribution in [2.24, 2.45) is 0 Å². The molecule has 2 nitrogen and oxygen atoms in total. The summed E-state index contributed by atoms with van der Waals surface area (Å²) in [4.78, 5) is 11.3. The Morgan fingerprint density at radius 1 is 1.42 bits per heavy atom. The normalized spacial score (nSPS) is 11.8. The third kappa shape index (κ3) is 5.08. The summed E-state index contributed by atoms with van der Waals surface area (Å²) in [7, 11) is 0. The quantitative estimate of drug-likeness (QED) is 0.474. The van der Waals surface area contributed by atoms with Gasteiger partial charge in [0.25, 0.3) is 0 Å². The van der Waals surface area contributed by atoms with E-state index in [1.165, 1.54) is 0 Å². The average Bonchev–Trinajstić information content (AvgIpc) is 2.05. The monoisotopic (exact) mass is 170 g/mol. The van der Waals surface area contributed by atoms with Crippen molar-refractivity contribution in [1.29, 1.82) is 0 Å². The van der Waals surface area contributed by atoms with Crippen molar-refractivity contribution in [3.63, 3.8) is 0 Å². The van der Waals surface area contributed by atoms with E-state index >= 15 is 0 Å². The first-order chi connectivity index (χ1) is 5.72. The Bertz CT molecular complexity index is 161. The van der Waals surface area contributed by atoms with E-state index in [9.17, 15) is 4.79 Å². The minimum absolute atomic E-state index is 0.297. The van der Waals surface area contributed by atoms with Crippen LogP contribution in [-0.2, 0) is 4.79 Å². The summed E-state index contributed by atoms with van der Waals surface area (Å²) >= 11 is 0. The van der Waals surface area contributed by atoms with Crippen molar-refractivity contribution in [2.75, 3.05) is 6.54 Å². The SMILES string of the molecule is CC/C=C(\C)C(=O)CCCC[NH3+]. The van der Waals surface area contributed by atoms with Crippen molar-refractivity contribution in [2.45, 2.75) is 39.5 Å². The summed E-state index contributed by atoms with van der Waals surface area (Å²) in [5.41, 5.74) is 4.66. The number of unbranched alkanes of at least 4 members (excludes halogenated alkanes) is 1. The number of ketones is 1. The van der Waals surface area contributed by atoms with Gasteiger partial charge in [0.15, 0.2) is 5.78 Å². The highest BCUT2D eigenvalue weighted by molar-refractivity contribution is 5.94. The van der Waals surface area contributed by atoms with Gasteiger partial charge in [0.05, 0.1) is 6.54 Å². The van der Waals surface area contributed by atoms with Gasteiger partial charge in [-0.1, -0.05) is 13.0 Å². The molecule has 2 heteroatoms. The van der Waals surface area contributed by atoms with Gasteiger partial charge in [-0.3, -0.25) is 4.79 Å². The van der Waals surface area contributed by atoms with Crippen molar-refractivity contribution in [3.05, 3.63) is 11.6 Å². The van der Waals surface area contributed by atoms with E-state index in [0.29, 0.717) is 12.2 Å². The van der Waals surface area contributed by atoms with E-state index in [1.807, 2.05) is 19.9 Å². The second-order valence-electron chi connectivity index (χ2n) is 3.03. The molecule has 0 amide bonds. The van der Waals surface area contributed by atoms with Crippen LogP contribution in [-0.4, -0.2) is 12.3 Å². The largest absolute Gasteiger partial charge is 0.358 e. The molecule has 0 rings (SSSR count). The van der Waals surface area contributed by atoms with Crippen LogP contribution < -0.4 is 5.73 Å². The van der Waals surface area contributed by atoms with E-state index in [1.54, 1.807) is 0 Å². The molecule has 0 saturated carbocycles. The average molecular weight is 170 g/mol.